The third kappa shape index (κ3) is 4.58. The Hall–Kier alpha value is -0.900. The summed E-state index contributed by atoms with van der Waals surface area (Å²) in [6.07, 6.45) is 0. The van der Waals surface area contributed by atoms with Crippen molar-refractivity contribution in [3.63, 3.8) is 0 Å². The first-order valence-electron chi connectivity index (χ1n) is 6.04. The number of hydrogen-bond donors (Lipinski definition) is 0. The lowest BCUT2D eigenvalue weighted by Crippen LogP contribution is -2.09. The second-order valence-electron chi connectivity index (χ2n) is 4.04. The summed E-state index contributed by atoms with van der Waals surface area (Å²) in [4.78, 5) is 0. The van der Waals surface area contributed by atoms with E-state index in [0.29, 0.717) is 24.1 Å². The van der Waals surface area contributed by atoms with Gasteiger partial charge in [-0.2, -0.15) is 0 Å². The maximum Gasteiger partial charge on any atom is 0.123 e. The molecule has 2 rings (SSSR count). The van der Waals surface area contributed by atoms with E-state index < -0.39 is 0 Å². The highest BCUT2D eigenvalue weighted by Crippen LogP contribution is 2.24. The molecule has 0 amide bonds. The fraction of sp³-hybridized carbons (Fsp3) is 0.200. The zero-order valence-corrected chi connectivity index (χ0v) is 13.7. The lowest BCUT2D eigenvalue weighted by Gasteiger charge is -2.11. The number of hydrogen-bond acceptors (Lipinski definition) is 2. The van der Waals surface area contributed by atoms with Gasteiger partial charge in [-0.05, 0) is 42.5 Å². The van der Waals surface area contributed by atoms with Gasteiger partial charge in [0.2, 0.25) is 0 Å². The molecule has 0 heterocycles. The van der Waals surface area contributed by atoms with Crippen LogP contribution in [0, 0.1) is 0 Å². The van der Waals surface area contributed by atoms with Crippen LogP contribution in [-0.2, 0) is 5.88 Å². The van der Waals surface area contributed by atoms with E-state index in [1.807, 2.05) is 30.3 Å². The van der Waals surface area contributed by atoms with Gasteiger partial charge in [-0.25, -0.2) is 0 Å². The molecule has 2 aromatic rings. The monoisotopic (exact) mass is 374 g/mol. The molecule has 0 aromatic heterocycles. The second kappa shape index (κ2) is 7.77. The van der Waals surface area contributed by atoms with E-state index >= 15 is 0 Å². The first-order chi connectivity index (χ1) is 9.69. The summed E-state index contributed by atoms with van der Waals surface area (Å²) >= 11 is 15.1. The topological polar surface area (TPSA) is 18.5 Å². The van der Waals surface area contributed by atoms with Gasteiger partial charge in [-0.15, -0.1) is 11.6 Å². The standard InChI is InChI=1S/C15H13BrCl2O2/c16-12-1-4-14(5-2-12)19-7-8-20-15-6-3-13(18)9-11(15)10-17/h1-6,9H,7-8,10H2. The Morgan fingerprint density at radius 2 is 1.65 bits per heavy atom. The Labute approximate surface area is 136 Å². The molecular weight excluding hydrogens is 363 g/mol. The van der Waals surface area contributed by atoms with Crippen LogP contribution >= 0.6 is 39.1 Å². The van der Waals surface area contributed by atoms with Gasteiger partial charge in [-0.1, -0.05) is 27.5 Å². The molecule has 0 saturated heterocycles. The summed E-state index contributed by atoms with van der Waals surface area (Å²) in [6, 6.07) is 13.1. The van der Waals surface area contributed by atoms with E-state index in [-0.39, 0.29) is 0 Å². The van der Waals surface area contributed by atoms with Gasteiger partial charge >= 0.3 is 0 Å². The predicted octanol–water partition coefficient (Wildman–Crippen LogP) is 5.30. The van der Waals surface area contributed by atoms with Crippen molar-refractivity contribution in [1.82, 2.24) is 0 Å². The smallest absolute Gasteiger partial charge is 0.123 e. The molecular formula is C15H13BrCl2O2. The van der Waals surface area contributed by atoms with E-state index in [4.69, 9.17) is 32.7 Å². The Morgan fingerprint density at radius 3 is 2.35 bits per heavy atom. The van der Waals surface area contributed by atoms with E-state index in [1.165, 1.54) is 0 Å². The average Bonchev–Trinajstić information content (AvgIpc) is 2.46. The minimum Gasteiger partial charge on any atom is -0.490 e. The molecule has 0 fully saturated rings. The van der Waals surface area contributed by atoms with Crippen molar-refractivity contribution in [2.75, 3.05) is 13.2 Å². The van der Waals surface area contributed by atoms with Crippen molar-refractivity contribution >= 4 is 39.1 Å². The maximum absolute atomic E-state index is 5.91. The van der Waals surface area contributed by atoms with Crippen LogP contribution in [-0.4, -0.2) is 13.2 Å². The highest BCUT2D eigenvalue weighted by atomic mass is 79.9. The molecule has 0 saturated carbocycles. The van der Waals surface area contributed by atoms with Gasteiger partial charge in [0.15, 0.2) is 0 Å². The molecule has 0 spiro atoms. The van der Waals surface area contributed by atoms with Gasteiger partial charge in [-0.3, -0.25) is 0 Å². The number of benzene rings is 2. The van der Waals surface area contributed by atoms with Crippen molar-refractivity contribution in [3.05, 3.63) is 57.5 Å². The molecule has 5 heteroatoms. The summed E-state index contributed by atoms with van der Waals surface area (Å²) in [6.45, 7) is 0.910. The number of alkyl halides is 1. The van der Waals surface area contributed by atoms with E-state index in [1.54, 1.807) is 12.1 Å². The van der Waals surface area contributed by atoms with Crippen molar-refractivity contribution in [3.8, 4) is 11.5 Å². The first kappa shape index (κ1) is 15.5. The van der Waals surface area contributed by atoms with Crippen molar-refractivity contribution in [2.45, 2.75) is 5.88 Å². The van der Waals surface area contributed by atoms with Crippen LogP contribution in [0.5, 0.6) is 11.5 Å². The molecule has 0 N–H and O–H groups in total. The van der Waals surface area contributed by atoms with Crippen LogP contribution < -0.4 is 9.47 Å². The van der Waals surface area contributed by atoms with Crippen LogP contribution in [0.2, 0.25) is 5.02 Å². The fourth-order valence-electron chi connectivity index (χ4n) is 1.64. The Balaban J connectivity index is 1.82. The molecule has 0 aliphatic rings. The van der Waals surface area contributed by atoms with Crippen LogP contribution in [0.15, 0.2) is 46.9 Å². The van der Waals surface area contributed by atoms with Crippen molar-refractivity contribution < 1.29 is 9.47 Å². The van der Waals surface area contributed by atoms with Gasteiger partial charge in [0.25, 0.3) is 0 Å². The molecule has 106 valence electrons. The number of rotatable bonds is 6. The molecule has 0 atom stereocenters. The fourth-order valence-corrected chi connectivity index (χ4v) is 2.30. The summed E-state index contributed by atoms with van der Waals surface area (Å²) in [5.74, 6) is 1.91. The number of ether oxygens (including phenoxy) is 2. The van der Waals surface area contributed by atoms with Gasteiger partial charge in [0, 0.05) is 15.1 Å². The lowest BCUT2D eigenvalue weighted by atomic mass is 10.2. The van der Waals surface area contributed by atoms with E-state index in [2.05, 4.69) is 15.9 Å². The minimum absolute atomic E-state index is 0.365. The van der Waals surface area contributed by atoms with Crippen LogP contribution in [0.3, 0.4) is 0 Å². The molecule has 0 aliphatic carbocycles. The molecule has 0 unspecified atom stereocenters. The molecule has 0 aliphatic heterocycles. The van der Waals surface area contributed by atoms with Crippen molar-refractivity contribution in [2.24, 2.45) is 0 Å². The summed E-state index contributed by atoms with van der Waals surface area (Å²) in [5, 5.41) is 0.652. The third-order valence-corrected chi connectivity index (χ3v) is 3.64. The van der Waals surface area contributed by atoms with E-state index in [9.17, 15) is 0 Å². The largest absolute Gasteiger partial charge is 0.490 e. The van der Waals surface area contributed by atoms with E-state index in [0.717, 1.165) is 21.5 Å². The second-order valence-corrected chi connectivity index (χ2v) is 5.66. The van der Waals surface area contributed by atoms with Crippen LogP contribution in [0.4, 0.5) is 0 Å². The van der Waals surface area contributed by atoms with Crippen molar-refractivity contribution in [1.29, 1.82) is 0 Å². The minimum atomic E-state index is 0.365. The zero-order chi connectivity index (χ0) is 14.4. The molecule has 20 heavy (non-hydrogen) atoms. The summed E-state index contributed by atoms with van der Waals surface area (Å²) < 4.78 is 12.2. The molecule has 0 radical (unpaired) electrons. The lowest BCUT2D eigenvalue weighted by molar-refractivity contribution is 0.216. The number of halogens is 3. The molecule has 0 bridgehead atoms. The summed E-state index contributed by atoms with van der Waals surface area (Å²) in [5.41, 5.74) is 0.878. The maximum atomic E-state index is 5.91. The van der Waals surface area contributed by atoms with Crippen LogP contribution in [0.25, 0.3) is 0 Å². The third-order valence-electron chi connectivity index (χ3n) is 2.59. The normalized spacial score (nSPS) is 10.3. The molecule has 2 aromatic carbocycles. The van der Waals surface area contributed by atoms with Crippen LogP contribution in [0.1, 0.15) is 5.56 Å². The zero-order valence-electron chi connectivity index (χ0n) is 10.6. The van der Waals surface area contributed by atoms with Gasteiger partial charge in [0.05, 0.1) is 5.88 Å². The summed E-state index contributed by atoms with van der Waals surface area (Å²) in [7, 11) is 0. The Morgan fingerprint density at radius 1 is 0.950 bits per heavy atom. The SMILES string of the molecule is ClCc1cc(Cl)ccc1OCCOc1ccc(Br)cc1. The van der Waals surface area contributed by atoms with Gasteiger partial charge in [0.1, 0.15) is 24.7 Å². The molecule has 2 nitrogen and oxygen atoms in total. The quantitative estimate of drug-likeness (QED) is 0.503. The highest BCUT2D eigenvalue weighted by Gasteiger charge is 2.04. The Kier molecular flexibility index (Phi) is 6.02. The average molecular weight is 376 g/mol. The predicted molar refractivity (Wildman–Crippen MR) is 86.1 cm³/mol. The highest BCUT2D eigenvalue weighted by molar-refractivity contribution is 9.10. The first-order valence-corrected chi connectivity index (χ1v) is 7.75. The van der Waals surface area contributed by atoms with Gasteiger partial charge < -0.3 is 9.47 Å². The Bertz CT molecular complexity index is 558.